The molecule has 2 aromatic rings. The first kappa shape index (κ1) is 11.7. The molecule has 4 nitrogen and oxygen atoms in total. The first-order chi connectivity index (χ1) is 8.72. The van der Waals surface area contributed by atoms with Crippen LogP contribution in [0.3, 0.4) is 0 Å². The molecule has 18 heavy (non-hydrogen) atoms. The SMILES string of the molecule is Cn1cnnc1CNC1Cc2ccc(Cl)cc2C1. The van der Waals surface area contributed by atoms with Gasteiger partial charge in [-0.2, -0.15) is 0 Å². The minimum atomic E-state index is 0.468. The van der Waals surface area contributed by atoms with Crippen LogP contribution in [-0.2, 0) is 26.4 Å². The van der Waals surface area contributed by atoms with Gasteiger partial charge >= 0.3 is 0 Å². The molecule has 94 valence electrons. The van der Waals surface area contributed by atoms with Crippen LogP contribution in [0.15, 0.2) is 24.5 Å². The quantitative estimate of drug-likeness (QED) is 0.916. The van der Waals surface area contributed by atoms with Crippen molar-refractivity contribution >= 4 is 11.6 Å². The highest BCUT2D eigenvalue weighted by Gasteiger charge is 2.21. The van der Waals surface area contributed by atoms with Crippen molar-refractivity contribution in [3.8, 4) is 0 Å². The molecule has 0 aliphatic heterocycles. The van der Waals surface area contributed by atoms with Gasteiger partial charge in [-0.05, 0) is 36.1 Å². The highest BCUT2D eigenvalue weighted by molar-refractivity contribution is 6.30. The van der Waals surface area contributed by atoms with E-state index in [2.05, 4.69) is 27.6 Å². The molecule has 1 atom stereocenters. The predicted octanol–water partition coefficient (Wildman–Crippen LogP) is 1.73. The van der Waals surface area contributed by atoms with Gasteiger partial charge < -0.3 is 9.88 Å². The third-order valence-electron chi connectivity index (χ3n) is 3.45. The van der Waals surface area contributed by atoms with Gasteiger partial charge in [-0.15, -0.1) is 10.2 Å². The van der Waals surface area contributed by atoms with Crippen LogP contribution in [0.2, 0.25) is 5.02 Å². The van der Waals surface area contributed by atoms with Gasteiger partial charge in [0, 0.05) is 18.1 Å². The lowest BCUT2D eigenvalue weighted by atomic mass is 10.1. The van der Waals surface area contributed by atoms with E-state index in [9.17, 15) is 0 Å². The van der Waals surface area contributed by atoms with Gasteiger partial charge in [0.2, 0.25) is 0 Å². The Morgan fingerprint density at radius 2 is 2.22 bits per heavy atom. The summed E-state index contributed by atoms with van der Waals surface area (Å²) in [6, 6.07) is 6.63. The van der Waals surface area contributed by atoms with Crippen LogP contribution in [0, 0.1) is 0 Å². The molecule has 1 aliphatic carbocycles. The number of nitrogens with one attached hydrogen (secondary N) is 1. The summed E-state index contributed by atoms with van der Waals surface area (Å²) in [4.78, 5) is 0. The summed E-state index contributed by atoms with van der Waals surface area (Å²) >= 11 is 6.01. The number of fused-ring (bicyclic) bond motifs is 1. The average molecular weight is 263 g/mol. The van der Waals surface area contributed by atoms with Crippen molar-refractivity contribution < 1.29 is 0 Å². The fourth-order valence-corrected chi connectivity index (χ4v) is 2.63. The number of benzene rings is 1. The highest BCUT2D eigenvalue weighted by Crippen LogP contribution is 2.25. The van der Waals surface area contributed by atoms with Crippen LogP contribution >= 0.6 is 11.6 Å². The van der Waals surface area contributed by atoms with Crippen molar-refractivity contribution in [3.05, 3.63) is 46.5 Å². The predicted molar refractivity (Wildman–Crippen MR) is 70.5 cm³/mol. The molecule has 1 aromatic carbocycles. The van der Waals surface area contributed by atoms with Crippen LogP contribution in [-0.4, -0.2) is 20.8 Å². The van der Waals surface area contributed by atoms with Crippen LogP contribution in [0.5, 0.6) is 0 Å². The lowest BCUT2D eigenvalue weighted by Crippen LogP contribution is -2.30. The summed E-state index contributed by atoms with van der Waals surface area (Å²) in [5, 5.41) is 12.3. The fraction of sp³-hybridized carbons (Fsp3) is 0.385. The molecular formula is C13H15ClN4. The summed E-state index contributed by atoms with van der Waals surface area (Å²) < 4.78 is 1.94. The molecule has 0 radical (unpaired) electrons. The Bertz CT molecular complexity index is 564. The van der Waals surface area contributed by atoms with E-state index in [1.54, 1.807) is 6.33 Å². The lowest BCUT2D eigenvalue weighted by Gasteiger charge is -2.10. The molecule has 0 fully saturated rings. The Morgan fingerprint density at radius 3 is 3.00 bits per heavy atom. The molecule has 1 unspecified atom stereocenters. The molecule has 1 aromatic heterocycles. The maximum Gasteiger partial charge on any atom is 0.146 e. The molecule has 1 N–H and O–H groups in total. The van der Waals surface area contributed by atoms with Gasteiger partial charge in [-0.1, -0.05) is 17.7 Å². The number of halogens is 1. The Hall–Kier alpha value is -1.39. The molecule has 0 amide bonds. The van der Waals surface area contributed by atoms with Crippen LogP contribution in [0.4, 0.5) is 0 Å². The molecule has 5 heteroatoms. The van der Waals surface area contributed by atoms with Crippen molar-refractivity contribution in [3.63, 3.8) is 0 Å². The molecule has 0 bridgehead atoms. The first-order valence-corrected chi connectivity index (χ1v) is 6.44. The molecule has 0 spiro atoms. The Labute approximate surface area is 111 Å². The second-order valence-corrected chi connectivity index (χ2v) is 5.19. The number of aromatic nitrogens is 3. The molecule has 3 rings (SSSR count). The summed E-state index contributed by atoms with van der Waals surface area (Å²) in [5.74, 6) is 0.962. The van der Waals surface area contributed by atoms with E-state index in [4.69, 9.17) is 11.6 Å². The number of hydrogen-bond donors (Lipinski definition) is 1. The summed E-state index contributed by atoms with van der Waals surface area (Å²) in [6.45, 7) is 0.753. The van der Waals surface area contributed by atoms with Gasteiger partial charge in [0.15, 0.2) is 0 Å². The Morgan fingerprint density at radius 1 is 1.39 bits per heavy atom. The van der Waals surface area contributed by atoms with Gasteiger partial charge in [-0.25, -0.2) is 0 Å². The highest BCUT2D eigenvalue weighted by atomic mass is 35.5. The van der Waals surface area contributed by atoms with Gasteiger partial charge in [-0.3, -0.25) is 0 Å². The number of aryl methyl sites for hydroxylation is 1. The van der Waals surface area contributed by atoms with Crippen LogP contribution in [0.1, 0.15) is 17.0 Å². The maximum absolute atomic E-state index is 6.01. The summed E-state index contributed by atoms with van der Waals surface area (Å²) in [5.41, 5.74) is 2.76. The fourth-order valence-electron chi connectivity index (χ4n) is 2.43. The van der Waals surface area contributed by atoms with E-state index in [-0.39, 0.29) is 0 Å². The Balaban J connectivity index is 1.63. The third-order valence-corrected chi connectivity index (χ3v) is 3.69. The van der Waals surface area contributed by atoms with Crippen LogP contribution < -0.4 is 5.32 Å². The molecule has 0 saturated heterocycles. The largest absolute Gasteiger partial charge is 0.320 e. The second kappa shape index (κ2) is 4.71. The van der Waals surface area contributed by atoms with Crippen molar-refractivity contribution in [1.82, 2.24) is 20.1 Å². The number of nitrogens with zero attached hydrogens (tertiary/aromatic N) is 3. The average Bonchev–Trinajstić information content (AvgIpc) is 2.92. The van der Waals surface area contributed by atoms with Crippen molar-refractivity contribution in [2.24, 2.45) is 7.05 Å². The minimum Gasteiger partial charge on any atom is -0.320 e. The maximum atomic E-state index is 6.01. The van der Waals surface area contributed by atoms with Crippen molar-refractivity contribution in [2.75, 3.05) is 0 Å². The van der Waals surface area contributed by atoms with Crippen LogP contribution in [0.25, 0.3) is 0 Å². The standard InChI is InChI=1S/C13H15ClN4/c1-18-8-16-17-13(18)7-15-12-5-9-2-3-11(14)4-10(9)6-12/h2-4,8,12,15H,5-7H2,1H3. The molecular weight excluding hydrogens is 248 g/mol. The monoisotopic (exact) mass is 262 g/mol. The first-order valence-electron chi connectivity index (χ1n) is 6.06. The van der Waals surface area contributed by atoms with E-state index in [1.165, 1.54) is 11.1 Å². The topological polar surface area (TPSA) is 42.7 Å². The van der Waals surface area contributed by atoms with Gasteiger partial charge in [0.1, 0.15) is 12.2 Å². The number of rotatable bonds is 3. The zero-order chi connectivity index (χ0) is 12.5. The Kier molecular flexibility index (Phi) is 3.06. The molecule has 1 aliphatic rings. The van der Waals surface area contributed by atoms with Gasteiger partial charge in [0.05, 0.1) is 6.54 Å². The second-order valence-electron chi connectivity index (χ2n) is 4.76. The minimum absolute atomic E-state index is 0.468. The zero-order valence-corrected chi connectivity index (χ0v) is 11.0. The third kappa shape index (κ3) is 2.26. The van der Waals surface area contributed by atoms with E-state index < -0.39 is 0 Å². The van der Waals surface area contributed by atoms with Crippen molar-refractivity contribution in [2.45, 2.75) is 25.4 Å². The lowest BCUT2D eigenvalue weighted by molar-refractivity contribution is 0.514. The van der Waals surface area contributed by atoms with Crippen molar-refractivity contribution in [1.29, 1.82) is 0 Å². The zero-order valence-electron chi connectivity index (χ0n) is 10.2. The normalized spacial score (nSPS) is 18.0. The van der Waals surface area contributed by atoms with E-state index in [0.717, 1.165) is 30.2 Å². The number of hydrogen-bond acceptors (Lipinski definition) is 3. The summed E-state index contributed by atoms with van der Waals surface area (Å²) in [7, 11) is 1.96. The van der Waals surface area contributed by atoms with E-state index in [0.29, 0.717) is 6.04 Å². The van der Waals surface area contributed by atoms with Gasteiger partial charge in [0.25, 0.3) is 0 Å². The van der Waals surface area contributed by atoms with E-state index >= 15 is 0 Å². The molecule has 1 heterocycles. The molecule has 0 saturated carbocycles. The smallest absolute Gasteiger partial charge is 0.146 e. The van der Waals surface area contributed by atoms with E-state index in [1.807, 2.05) is 17.7 Å². The summed E-state index contributed by atoms with van der Waals surface area (Å²) in [6.07, 6.45) is 3.82.